The molecule has 3 aromatic carbocycles. The highest BCUT2D eigenvalue weighted by atomic mass is 79.9. The van der Waals surface area contributed by atoms with Gasteiger partial charge in [-0.25, -0.2) is 4.98 Å². The lowest BCUT2D eigenvalue weighted by atomic mass is 10.2. The van der Waals surface area contributed by atoms with E-state index in [9.17, 15) is 9.59 Å². The molecule has 38 heavy (non-hydrogen) atoms. The number of amides is 1. The highest BCUT2D eigenvalue weighted by Gasteiger charge is 2.12. The summed E-state index contributed by atoms with van der Waals surface area (Å²) in [5.74, 6) is 0.770. The van der Waals surface area contributed by atoms with E-state index in [1.54, 1.807) is 12.3 Å². The topological polar surface area (TPSA) is 88.8 Å². The van der Waals surface area contributed by atoms with E-state index in [1.165, 1.54) is 4.68 Å². The van der Waals surface area contributed by atoms with Gasteiger partial charge in [-0.2, -0.15) is 9.78 Å². The summed E-state index contributed by atoms with van der Waals surface area (Å²) in [6.07, 6.45) is 2.98. The van der Waals surface area contributed by atoms with Crippen LogP contribution in [-0.2, 0) is 11.2 Å². The number of rotatable bonds is 9. The zero-order valence-electron chi connectivity index (χ0n) is 21.9. The first-order valence-corrected chi connectivity index (χ1v) is 13.1. The van der Waals surface area contributed by atoms with Crippen molar-refractivity contribution in [1.82, 2.24) is 9.66 Å². The van der Waals surface area contributed by atoms with Crippen LogP contribution in [0.1, 0.15) is 30.3 Å². The van der Waals surface area contributed by atoms with Gasteiger partial charge in [0, 0.05) is 48.0 Å². The Labute approximate surface area is 230 Å². The van der Waals surface area contributed by atoms with Crippen LogP contribution in [0.2, 0.25) is 0 Å². The lowest BCUT2D eigenvalue weighted by Gasteiger charge is -2.16. The van der Waals surface area contributed by atoms with Gasteiger partial charge < -0.3 is 15.0 Å². The zero-order chi connectivity index (χ0) is 27.2. The molecule has 0 fully saturated rings. The van der Waals surface area contributed by atoms with Gasteiger partial charge in [-0.05, 0) is 55.8 Å². The molecule has 9 heteroatoms. The van der Waals surface area contributed by atoms with Crippen molar-refractivity contribution in [2.45, 2.75) is 26.7 Å². The summed E-state index contributed by atoms with van der Waals surface area (Å²) in [4.78, 5) is 32.5. The van der Waals surface area contributed by atoms with Gasteiger partial charge in [0.1, 0.15) is 11.6 Å². The molecular weight excluding hydrogens is 546 g/mol. The van der Waals surface area contributed by atoms with Crippen LogP contribution in [0.3, 0.4) is 0 Å². The molecule has 0 bridgehead atoms. The molecule has 196 valence electrons. The highest BCUT2D eigenvalue weighted by molar-refractivity contribution is 9.10. The molecule has 0 saturated heterocycles. The third-order valence-electron chi connectivity index (χ3n) is 5.87. The molecule has 4 aromatic rings. The number of hydrogen-bond acceptors (Lipinski definition) is 6. The number of benzene rings is 3. The molecule has 0 aliphatic rings. The van der Waals surface area contributed by atoms with E-state index in [4.69, 9.17) is 4.74 Å². The van der Waals surface area contributed by atoms with Gasteiger partial charge in [-0.15, -0.1) is 0 Å². The van der Waals surface area contributed by atoms with Crippen LogP contribution in [0.5, 0.6) is 5.75 Å². The van der Waals surface area contributed by atoms with Gasteiger partial charge >= 0.3 is 0 Å². The first kappa shape index (κ1) is 27.1. The monoisotopic (exact) mass is 575 g/mol. The molecular formula is C29H30BrN5O3. The molecule has 8 nitrogen and oxygen atoms in total. The smallest absolute Gasteiger partial charge is 0.282 e. The molecule has 0 aliphatic heterocycles. The van der Waals surface area contributed by atoms with Crippen molar-refractivity contribution in [3.05, 3.63) is 92.4 Å². The van der Waals surface area contributed by atoms with Crippen molar-refractivity contribution < 1.29 is 9.53 Å². The van der Waals surface area contributed by atoms with Gasteiger partial charge in [-0.3, -0.25) is 9.59 Å². The summed E-state index contributed by atoms with van der Waals surface area (Å²) in [6, 6.07) is 18.6. The van der Waals surface area contributed by atoms with Crippen LogP contribution >= 0.6 is 15.9 Å². The minimum absolute atomic E-state index is 0.182. The van der Waals surface area contributed by atoms with Gasteiger partial charge in [0.15, 0.2) is 6.61 Å². The van der Waals surface area contributed by atoms with Crippen molar-refractivity contribution in [2.75, 3.05) is 30.9 Å². The number of fused-ring (bicyclic) bond motifs is 1. The molecule has 0 aliphatic carbocycles. The van der Waals surface area contributed by atoms with E-state index in [-0.39, 0.29) is 18.1 Å². The Bertz CT molecular complexity index is 1540. The van der Waals surface area contributed by atoms with Gasteiger partial charge in [0.2, 0.25) is 0 Å². The Morgan fingerprint density at radius 2 is 1.89 bits per heavy atom. The Morgan fingerprint density at radius 1 is 1.13 bits per heavy atom. The van der Waals surface area contributed by atoms with Gasteiger partial charge in [0.25, 0.3) is 11.5 Å². The van der Waals surface area contributed by atoms with Crippen LogP contribution in [0.4, 0.5) is 11.4 Å². The van der Waals surface area contributed by atoms with E-state index < -0.39 is 0 Å². The van der Waals surface area contributed by atoms with E-state index in [0.717, 1.165) is 22.1 Å². The molecule has 0 unspecified atom stereocenters. The fourth-order valence-corrected chi connectivity index (χ4v) is 4.19. The second-order valence-electron chi connectivity index (χ2n) is 9.12. The fourth-order valence-electron chi connectivity index (χ4n) is 3.83. The second kappa shape index (κ2) is 12.0. The maximum atomic E-state index is 13.3. The van der Waals surface area contributed by atoms with E-state index >= 15 is 0 Å². The molecule has 1 amide bonds. The number of ether oxygens (including phenoxy) is 1. The molecule has 1 heterocycles. The summed E-state index contributed by atoms with van der Waals surface area (Å²) >= 11 is 3.43. The molecule has 0 saturated carbocycles. The minimum atomic E-state index is -0.280. The number of nitrogens with one attached hydrogen (secondary N) is 1. The van der Waals surface area contributed by atoms with Crippen molar-refractivity contribution >= 4 is 50.3 Å². The summed E-state index contributed by atoms with van der Waals surface area (Å²) < 4.78 is 8.06. The molecule has 4 rings (SSSR count). The van der Waals surface area contributed by atoms with E-state index in [0.29, 0.717) is 40.1 Å². The SMILES string of the molecule is CCCc1nc2ccc(Br)cc2c(=O)n1N=Cc1ccc(N(C)C)cc1OCC(=O)Nc1ccc(C)cc1. The van der Waals surface area contributed by atoms with Crippen molar-refractivity contribution in [3.8, 4) is 5.75 Å². The first-order chi connectivity index (χ1) is 18.2. The lowest BCUT2D eigenvalue weighted by Crippen LogP contribution is -2.22. The third-order valence-corrected chi connectivity index (χ3v) is 6.36. The lowest BCUT2D eigenvalue weighted by molar-refractivity contribution is -0.118. The molecule has 0 atom stereocenters. The fraction of sp³-hybridized carbons (Fsp3) is 0.241. The predicted molar refractivity (Wildman–Crippen MR) is 157 cm³/mol. The highest BCUT2D eigenvalue weighted by Crippen LogP contribution is 2.24. The van der Waals surface area contributed by atoms with Crippen LogP contribution in [-0.4, -0.2) is 42.5 Å². The Kier molecular flexibility index (Phi) is 8.58. The molecule has 1 N–H and O–H groups in total. The number of carbonyl (C=O) groups excluding carboxylic acids is 1. The Morgan fingerprint density at radius 3 is 2.61 bits per heavy atom. The Hall–Kier alpha value is -3.98. The average molecular weight is 576 g/mol. The van der Waals surface area contributed by atoms with Crippen LogP contribution < -0.4 is 20.5 Å². The van der Waals surface area contributed by atoms with Gasteiger partial charge in [-0.1, -0.05) is 40.5 Å². The van der Waals surface area contributed by atoms with E-state index in [1.807, 2.05) is 87.4 Å². The number of carbonyl (C=O) groups is 1. The number of hydrogen-bond donors (Lipinski definition) is 1. The van der Waals surface area contributed by atoms with Crippen LogP contribution in [0.15, 0.2) is 75.0 Å². The first-order valence-electron chi connectivity index (χ1n) is 12.3. The van der Waals surface area contributed by atoms with Crippen molar-refractivity contribution in [3.63, 3.8) is 0 Å². The summed E-state index contributed by atoms with van der Waals surface area (Å²) in [5, 5.41) is 7.83. The normalized spacial score (nSPS) is 11.2. The van der Waals surface area contributed by atoms with Crippen LogP contribution in [0.25, 0.3) is 10.9 Å². The number of halogens is 1. The van der Waals surface area contributed by atoms with Crippen molar-refractivity contribution in [2.24, 2.45) is 5.10 Å². The number of nitrogens with zero attached hydrogens (tertiary/aromatic N) is 4. The maximum absolute atomic E-state index is 13.3. The van der Waals surface area contributed by atoms with Crippen LogP contribution in [0, 0.1) is 6.92 Å². The molecule has 0 radical (unpaired) electrons. The number of aromatic nitrogens is 2. The minimum Gasteiger partial charge on any atom is -0.483 e. The summed E-state index contributed by atoms with van der Waals surface area (Å²) in [6.45, 7) is 3.83. The standard InChI is InChI=1S/C29H30BrN5O3/c1-5-6-27-33-25-14-10-21(30)15-24(25)29(37)35(27)31-17-20-9-13-23(34(3)4)16-26(20)38-18-28(36)32-22-11-7-19(2)8-12-22/h7-17H,5-6,18H2,1-4H3,(H,32,36). The number of anilines is 2. The summed E-state index contributed by atoms with van der Waals surface area (Å²) in [7, 11) is 3.85. The van der Waals surface area contributed by atoms with E-state index in [2.05, 4.69) is 31.3 Å². The molecule has 1 aromatic heterocycles. The second-order valence-corrected chi connectivity index (χ2v) is 10.0. The quantitative estimate of drug-likeness (QED) is 0.270. The molecule has 0 spiro atoms. The Balaban J connectivity index is 1.64. The zero-order valence-corrected chi connectivity index (χ0v) is 23.4. The van der Waals surface area contributed by atoms with Crippen molar-refractivity contribution in [1.29, 1.82) is 0 Å². The third kappa shape index (κ3) is 6.47. The largest absolute Gasteiger partial charge is 0.483 e. The van der Waals surface area contributed by atoms with Gasteiger partial charge in [0.05, 0.1) is 17.1 Å². The number of aryl methyl sites for hydroxylation is 2. The summed E-state index contributed by atoms with van der Waals surface area (Å²) in [5.41, 5.74) is 3.72. The average Bonchev–Trinajstić information content (AvgIpc) is 2.89. The predicted octanol–water partition coefficient (Wildman–Crippen LogP) is 5.39. The maximum Gasteiger partial charge on any atom is 0.282 e.